The number of carbonyl (C=O) groups excluding carboxylic acids is 13. The first kappa shape index (κ1) is 74.7. The number of aliphatic imine (C=N–C) groups is 1. The molecule has 29 N–H and O–H groups in total. The van der Waals surface area contributed by atoms with Crippen LogP contribution in [-0.4, -0.2) is 201 Å². The Balaban J connectivity index is 6.91. The molecule has 38 nitrogen and oxygen atoms in total. The van der Waals surface area contributed by atoms with Gasteiger partial charge in [0.25, 0.3) is 0 Å². The number of hydrogen-bond acceptors (Lipinski definition) is 20. The zero-order valence-electron chi connectivity index (χ0n) is 46.1. The average Bonchev–Trinajstić information content (AvgIpc) is 3.40. The van der Waals surface area contributed by atoms with Crippen LogP contribution in [0.25, 0.3) is 0 Å². The van der Waals surface area contributed by atoms with Crippen molar-refractivity contribution in [2.45, 2.75) is 158 Å². The van der Waals surface area contributed by atoms with Gasteiger partial charge >= 0.3 is 17.9 Å². The Morgan fingerprint density at radius 3 is 1.12 bits per heavy atom. The highest BCUT2D eigenvalue weighted by atomic mass is 16.4. The average molecular weight is 1200 g/mol. The standard InChI is InChI=1S/C46H78N18O20/c1-3-19(2)35(45(83)84)64-43(81)25(15-32(52)69)60-44(82)28(18-65)63-40(78)24(14-31(51)68)59-42(80)27(17-34(72)73)62-38(76)22(9-10-29(49)66)57-41(79)26(16-33(70)71)61-37(75)21(8-6-12-55-46(53)54)56-39(77)23(13-30(50)67)58-36(74)20(48)7-4-5-11-47/h19-28,35,65H,3-18,47-48H2,1-2H3,(H2,49,66)(H2,50,67)(H2,51,68)(H2,52,69)(H,56,77)(H,57,79)(H,58,74)(H,59,80)(H,60,82)(H,61,75)(H,62,76)(H,63,78)(H,64,81)(H,70,71)(H,72,73)(H,83,84)(H4,53,54,55)/t19-,20-,21-,22-,23-,24-,25-,26-,27-,28-,35-/m0/s1. The molecule has 0 heterocycles. The lowest BCUT2D eigenvalue weighted by atomic mass is 9.98. The van der Waals surface area contributed by atoms with Gasteiger partial charge in [-0.05, 0) is 44.6 Å². The van der Waals surface area contributed by atoms with E-state index in [0.29, 0.717) is 12.8 Å². The van der Waals surface area contributed by atoms with Crippen LogP contribution >= 0.6 is 0 Å². The van der Waals surface area contributed by atoms with Crippen molar-refractivity contribution < 1.29 is 97.1 Å². The molecule has 0 radical (unpaired) electrons. The van der Waals surface area contributed by atoms with Gasteiger partial charge in [0.15, 0.2) is 5.96 Å². The molecule has 11 atom stereocenters. The Morgan fingerprint density at radius 1 is 0.429 bits per heavy atom. The minimum Gasteiger partial charge on any atom is -0.481 e. The second-order valence-corrected chi connectivity index (χ2v) is 18.9. The number of carboxylic acid groups (broad SMARTS) is 3. The predicted molar refractivity (Wildman–Crippen MR) is 287 cm³/mol. The SMILES string of the molecule is CC[C@H](C)[C@H](NC(=O)[C@H](CC(N)=O)NC(=O)[C@H](CO)NC(=O)[C@H](CC(N)=O)NC(=O)[C@H](CC(=O)O)NC(=O)[C@H](CCC(N)=O)NC(=O)[C@H](CC(=O)O)NC(=O)[C@H](CCCN=C(N)N)NC(=O)[C@H](CC(N)=O)NC(=O)[C@@H](N)CCCCN)C(=O)O. The zero-order chi connectivity index (χ0) is 64.6. The number of guanidine groups is 1. The fourth-order valence-corrected chi connectivity index (χ4v) is 7.28. The Hall–Kier alpha value is -9.33. The number of nitrogens with zero attached hydrogens (tertiary/aromatic N) is 1. The number of amides is 13. The number of aliphatic hydroxyl groups excluding tert-OH is 1. The van der Waals surface area contributed by atoms with E-state index >= 15 is 0 Å². The van der Waals surface area contributed by atoms with Gasteiger partial charge in [-0.1, -0.05) is 26.7 Å². The summed E-state index contributed by atoms with van der Waals surface area (Å²) in [5, 5.41) is 57.9. The van der Waals surface area contributed by atoms with E-state index in [1.807, 2.05) is 21.3 Å². The highest BCUT2D eigenvalue weighted by Crippen LogP contribution is 2.11. The van der Waals surface area contributed by atoms with Crippen molar-refractivity contribution in [3.05, 3.63) is 0 Å². The van der Waals surface area contributed by atoms with Crippen molar-refractivity contribution in [3.63, 3.8) is 0 Å². The molecule has 0 aromatic carbocycles. The molecule has 0 aromatic heterocycles. The maximum atomic E-state index is 13.9. The molecule has 0 aliphatic heterocycles. The van der Waals surface area contributed by atoms with Crippen molar-refractivity contribution in [3.8, 4) is 0 Å². The number of rotatable bonds is 43. The smallest absolute Gasteiger partial charge is 0.326 e. The minimum absolute atomic E-state index is 0.0983. The zero-order valence-corrected chi connectivity index (χ0v) is 46.1. The monoisotopic (exact) mass is 1200 g/mol. The molecule has 0 unspecified atom stereocenters. The summed E-state index contributed by atoms with van der Waals surface area (Å²) in [5.74, 6) is -22.9. The normalized spacial score (nSPS) is 14.7. The molecule has 0 rings (SSSR count). The lowest BCUT2D eigenvalue weighted by molar-refractivity contribution is -0.144. The van der Waals surface area contributed by atoms with Crippen LogP contribution in [0, 0.1) is 5.92 Å². The van der Waals surface area contributed by atoms with Gasteiger partial charge in [0, 0.05) is 13.0 Å². The van der Waals surface area contributed by atoms with Gasteiger partial charge in [-0.3, -0.25) is 76.9 Å². The first-order valence-corrected chi connectivity index (χ1v) is 25.8. The van der Waals surface area contributed by atoms with Gasteiger partial charge in [-0.15, -0.1) is 0 Å². The van der Waals surface area contributed by atoms with Gasteiger partial charge in [-0.25, -0.2) is 4.79 Å². The molecule has 0 saturated heterocycles. The van der Waals surface area contributed by atoms with Crippen molar-refractivity contribution >= 4 is 101 Å². The Bertz CT molecular complexity index is 2430. The summed E-state index contributed by atoms with van der Waals surface area (Å²) >= 11 is 0. The summed E-state index contributed by atoms with van der Waals surface area (Å²) in [6.45, 7) is 1.92. The predicted octanol–water partition coefficient (Wildman–Crippen LogP) is -11.2. The summed E-state index contributed by atoms with van der Waals surface area (Å²) in [4.78, 5) is 209. The lowest BCUT2D eigenvalue weighted by Crippen LogP contribution is -2.61. The summed E-state index contributed by atoms with van der Waals surface area (Å²) < 4.78 is 0. The molecule has 0 spiro atoms. The Labute approximate surface area is 478 Å². The molecule has 84 heavy (non-hydrogen) atoms. The number of aliphatic hydroxyl groups is 1. The van der Waals surface area contributed by atoms with Gasteiger partial charge in [0.1, 0.15) is 54.4 Å². The van der Waals surface area contributed by atoms with Crippen LogP contribution in [0.4, 0.5) is 0 Å². The van der Waals surface area contributed by atoms with E-state index in [0.717, 1.165) is 0 Å². The molecule has 0 aliphatic rings. The van der Waals surface area contributed by atoms with Crippen molar-refractivity contribution in [1.82, 2.24) is 47.9 Å². The van der Waals surface area contributed by atoms with Crippen LogP contribution in [0.5, 0.6) is 0 Å². The fourth-order valence-electron chi connectivity index (χ4n) is 7.28. The molecule has 0 fully saturated rings. The number of carbonyl (C=O) groups is 16. The van der Waals surface area contributed by atoms with Crippen molar-refractivity contribution in [1.29, 1.82) is 0 Å². The fraction of sp³-hybridized carbons (Fsp3) is 0.630. The number of nitrogens with one attached hydrogen (secondary N) is 9. The molecule has 0 aromatic rings. The van der Waals surface area contributed by atoms with E-state index in [-0.39, 0.29) is 44.7 Å². The summed E-state index contributed by atoms with van der Waals surface area (Å²) in [7, 11) is 0. The number of nitrogens with two attached hydrogens (primary N) is 8. The van der Waals surface area contributed by atoms with Crippen LogP contribution in [0.15, 0.2) is 4.99 Å². The third-order valence-electron chi connectivity index (χ3n) is 11.9. The lowest BCUT2D eigenvalue weighted by Gasteiger charge is -2.27. The van der Waals surface area contributed by atoms with E-state index in [2.05, 4.69) is 31.6 Å². The second-order valence-electron chi connectivity index (χ2n) is 18.9. The third kappa shape index (κ3) is 29.9. The minimum atomic E-state index is -2.28. The number of unbranched alkanes of at least 4 members (excludes halogenated alkanes) is 1. The molecule has 13 amide bonds. The maximum absolute atomic E-state index is 13.9. The van der Waals surface area contributed by atoms with Gasteiger partial charge in [0.05, 0.1) is 44.8 Å². The van der Waals surface area contributed by atoms with Crippen LogP contribution in [0.3, 0.4) is 0 Å². The second kappa shape index (κ2) is 38.4. The topological polar surface area (TPSA) is 683 Å². The van der Waals surface area contributed by atoms with Crippen LogP contribution in [0.1, 0.15) is 97.3 Å². The Morgan fingerprint density at radius 2 is 0.774 bits per heavy atom. The van der Waals surface area contributed by atoms with Gasteiger partial charge in [0.2, 0.25) is 76.8 Å². The number of hydrogen-bond donors (Lipinski definition) is 21. The largest absolute Gasteiger partial charge is 0.481 e. The summed E-state index contributed by atoms with van der Waals surface area (Å²) in [5.41, 5.74) is 43.2. The van der Waals surface area contributed by atoms with Crippen molar-refractivity contribution in [2.75, 3.05) is 19.7 Å². The van der Waals surface area contributed by atoms with E-state index < -0.39 is 213 Å². The number of carboxylic acids is 3. The highest BCUT2D eigenvalue weighted by molar-refractivity contribution is 6.01. The molecule has 0 saturated carbocycles. The van der Waals surface area contributed by atoms with E-state index in [9.17, 15) is 97.1 Å². The molecule has 472 valence electrons. The van der Waals surface area contributed by atoms with Crippen LogP contribution in [-0.2, 0) is 76.7 Å². The number of aliphatic carboxylic acids is 3. The molecular formula is C46H78N18O20. The van der Waals surface area contributed by atoms with E-state index in [1.165, 1.54) is 6.92 Å². The molecule has 0 aliphatic carbocycles. The quantitative estimate of drug-likeness (QED) is 0.0153. The summed E-state index contributed by atoms with van der Waals surface area (Å²) in [6, 6.07) is -18.8. The van der Waals surface area contributed by atoms with E-state index in [4.69, 9.17) is 45.9 Å². The summed E-state index contributed by atoms with van der Waals surface area (Å²) in [6.07, 6.45) is -6.18. The van der Waals surface area contributed by atoms with Gasteiger partial charge in [-0.2, -0.15) is 0 Å². The third-order valence-corrected chi connectivity index (χ3v) is 11.9. The van der Waals surface area contributed by atoms with Gasteiger partial charge < -0.3 is 114 Å². The highest BCUT2D eigenvalue weighted by Gasteiger charge is 2.38. The van der Waals surface area contributed by atoms with Crippen LogP contribution in [0.2, 0.25) is 0 Å². The Kier molecular flexibility index (Phi) is 34.1. The first-order valence-electron chi connectivity index (χ1n) is 25.8. The first-order chi connectivity index (χ1) is 39.2. The molecular weight excluding hydrogens is 1120 g/mol. The molecule has 38 heteroatoms. The van der Waals surface area contributed by atoms with Crippen molar-refractivity contribution in [2.24, 2.45) is 56.8 Å². The van der Waals surface area contributed by atoms with E-state index in [1.54, 1.807) is 6.92 Å². The van der Waals surface area contributed by atoms with Crippen LogP contribution < -0.4 is 93.7 Å². The molecule has 0 bridgehead atoms. The maximum Gasteiger partial charge on any atom is 0.326 e. The number of primary amides is 4.